The minimum Gasteiger partial charge on any atom is -0.457 e. The molecule has 0 bridgehead atoms. The standard InChI is InChI=1S/C18H15NO/c19-16-8-4-6-14(12-16)15-7-5-11-18(13-15)20-17-9-2-1-3-10-17/h1-13H,19H2. The molecule has 0 atom stereocenters. The van der Waals surface area contributed by atoms with Gasteiger partial charge in [0, 0.05) is 5.69 Å². The maximum absolute atomic E-state index is 5.84. The van der Waals surface area contributed by atoms with Gasteiger partial charge in [0.2, 0.25) is 0 Å². The fourth-order valence-corrected chi connectivity index (χ4v) is 2.08. The van der Waals surface area contributed by atoms with Gasteiger partial charge in [-0.05, 0) is 47.5 Å². The summed E-state index contributed by atoms with van der Waals surface area (Å²) < 4.78 is 5.84. The van der Waals surface area contributed by atoms with E-state index >= 15 is 0 Å². The number of para-hydroxylation sites is 1. The number of anilines is 1. The van der Waals surface area contributed by atoms with Crippen LogP contribution in [0.5, 0.6) is 11.5 Å². The van der Waals surface area contributed by atoms with Crippen LogP contribution in [0.2, 0.25) is 0 Å². The van der Waals surface area contributed by atoms with E-state index in [2.05, 4.69) is 0 Å². The van der Waals surface area contributed by atoms with E-state index < -0.39 is 0 Å². The lowest BCUT2D eigenvalue weighted by molar-refractivity contribution is 0.483. The topological polar surface area (TPSA) is 35.2 Å². The second-order valence-corrected chi connectivity index (χ2v) is 4.57. The summed E-state index contributed by atoms with van der Waals surface area (Å²) in [7, 11) is 0. The smallest absolute Gasteiger partial charge is 0.128 e. The van der Waals surface area contributed by atoms with E-state index in [9.17, 15) is 0 Å². The molecule has 0 spiro atoms. The number of hydrogen-bond acceptors (Lipinski definition) is 2. The second-order valence-electron chi connectivity index (χ2n) is 4.57. The van der Waals surface area contributed by atoms with Crippen LogP contribution in [-0.2, 0) is 0 Å². The lowest BCUT2D eigenvalue weighted by Gasteiger charge is -2.08. The van der Waals surface area contributed by atoms with Crippen molar-refractivity contribution in [2.24, 2.45) is 0 Å². The summed E-state index contributed by atoms with van der Waals surface area (Å²) in [5.41, 5.74) is 8.76. The van der Waals surface area contributed by atoms with Crippen molar-refractivity contribution >= 4 is 5.69 Å². The summed E-state index contributed by atoms with van der Waals surface area (Å²) in [6.45, 7) is 0. The molecule has 0 aliphatic heterocycles. The molecule has 0 aliphatic carbocycles. The van der Waals surface area contributed by atoms with E-state index in [0.717, 1.165) is 28.3 Å². The number of benzene rings is 3. The molecule has 2 nitrogen and oxygen atoms in total. The van der Waals surface area contributed by atoms with E-state index in [1.807, 2.05) is 78.9 Å². The number of nitrogens with two attached hydrogens (primary N) is 1. The van der Waals surface area contributed by atoms with Crippen molar-refractivity contribution in [1.82, 2.24) is 0 Å². The van der Waals surface area contributed by atoms with Crippen LogP contribution in [0.15, 0.2) is 78.9 Å². The molecule has 0 radical (unpaired) electrons. The Balaban J connectivity index is 1.90. The summed E-state index contributed by atoms with van der Waals surface area (Å²) in [4.78, 5) is 0. The molecular formula is C18H15NO. The largest absolute Gasteiger partial charge is 0.457 e. The Bertz CT molecular complexity index is 707. The Morgan fingerprint density at radius 1 is 0.600 bits per heavy atom. The molecule has 3 aromatic carbocycles. The zero-order chi connectivity index (χ0) is 13.8. The fourth-order valence-electron chi connectivity index (χ4n) is 2.08. The molecule has 20 heavy (non-hydrogen) atoms. The Morgan fingerprint density at radius 2 is 1.25 bits per heavy atom. The maximum Gasteiger partial charge on any atom is 0.128 e. The average molecular weight is 261 g/mol. The number of hydrogen-bond donors (Lipinski definition) is 1. The van der Waals surface area contributed by atoms with E-state index in [1.165, 1.54) is 0 Å². The van der Waals surface area contributed by atoms with E-state index in [-0.39, 0.29) is 0 Å². The highest BCUT2D eigenvalue weighted by Crippen LogP contribution is 2.28. The molecule has 3 aromatic rings. The summed E-state index contributed by atoms with van der Waals surface area (Å²) in [6.07, 6.45) is 0. The van der Waals surface area contributed by atoms with Crippen LogP contribution in [0, 0.1) is 0 Å². The SMILES string of the molecule is Nc1cccc(-c2cccc(Oc3ccccc3)c2)c1. The van der Waals surface area contributed by atoms with Gasteiger partial charge in [-0.3, -0.25) is 0 Å². The van der Waals surface area contributed by atoms with Crippen molar-refractivity contribution in [2.45, 2.75) is 0 Å². The first kappa shape index (κ1) is 12.3. The molecule has 0 heterocycles. The predicted molar refractivity (Wildman–Crippen MR) is 82.8 cm³/mol. The molecule has 0 saturated carbocycles. The lowest BCUT2D eigenvalue weighted by atomic mass is 10.1. The summed E-state index contributed by atoms with van der Waals surface area (Å²) in [5, 5.41) is 0. The zero-order valence-corrected chi connectivity index (χ0v) is 11.0. The summed E-state index contributed by atoms with van der Waals surface area (Å²) in [6, 6.07) is 25.6. The third-order valence-corrected chi connectivity index (χ3v) is 3.03. The van der Waals surface area contributed by atoms with Crippen molar-refractivity contribution in [1.29, 1.82) is 0 Å². The molecule has 0 aliphatic rings. The molecule has 0 saturated heterocycles. The molecule has 0 amide bonds. The second kappa shape index (κ2) is 5.49. The number of nitrogen functional groups attached to an aromatic ring is 1. The lowest BCUT2D eigenvalue weighted by Crippen LogP contribution is -1.87. The average Bonchev–Trinajstić information content (AvgIpc) is 2.49. The Morgan fingerprint density at radius 3 is 2.00 bits per heavy atom. The van der Waals surface area contributed by atoms with E-state index in [1.54, 1.807) is 0 Å². The van der Waals surface area contributed by atoms with Gasteiger partial charge in [0.05, 0.1) is 0 Å². The van der Waals surface area contributed by atoms with E-state index in [0.29, 0.717) is 0 Å². The third-order valence-electron chi connectivity index (χ3n) is 3.03. The summed E-state index contributed by atoms with van der Waals surface area (Å²) >= 11 is 0. The fraction of sp³-hybridized carbons (Fsp3) is 0. The van der Waals surface area contributed by atoms with Gasteiger partial charge in [-0.2, -0.15) is 0 Å². The molecule has 0 fully saturated rings. The van der Waals surface area contributed by atoms with Gasteiger partial charge in [0.25, 0.3) is 0 Å². The molecule has 2 N–H and O–H groups in total. The van der Waals surface area contributed by atoms with Crippen LogP contribution in [0.25, 0.3) is 11.1 Å². The van der Waals surface area contributed by atoms with Crippen molar-refractivity contribution < 1.29 is 4.74 Å². The van der Waals surface area contributed by atoms with Gasteiger partial charge >= 0.3 is 0 Å². The van der Waals surface area contributed by atoms with Crippen molar-refractivity contribution in [3.63, 3.8) is 0 Å². The molecular weight excluding hydrogens is 246 g/mol. The Hall–Kier alpha value is -2.74. The van der Waals surface area contributed by atoms with Crippen LogP contribution >= 0.6 is 0 Å². The highest BCUT2D eigenvalue weighted by molar-refractivity contribution is 5.68. The van der Waals surface area contributed by atoms with Crippen LogP contribution in [-0.4, -0.2) is 0 Å². The van der Waals surface area contributed by atoms with Gasteiger partial charge in [-0.15, -0.1) is 0 Å². The predicted octanol–water partition coefficient (Wildman–Crippen LogP) is 4.73. The van der Waals surface area contributed by atoms with Gasteiger partial charge in [-0.1, -0.05) is 42.5 Å². The molecule has 0 aromatic heterocycles. The third kappa shape index (κ3) is 2.81. The van der Waals surface area contributed by atoms with Crippen LogP contribution in [0.4, 0.5) is 5.69 Å². The normalized spacial score (nSPS) is 10.2. The Labute approximate surface area is 118 Å². The van der Waals surface area contributed by atoms with E-state index in [4.69, 9.17) is 10.5 Å². The minimum atomic E-state index is 0.761. The quantitative estimate of drug-likeness (QED) is 0.692. The molecule has 3 rings (SSSR count). The van der Waals surface area contributed by atoms with Gasteiger partial charge in [-0.25, -0.2) is 0 Å². The monoisotopic (exact) mass is 261 g/mol. The summed E-state index contributed by atoms with van der Waals surface area (Å²) in [5.74, 6) is 1.65. The maximum atomic E-state index is 5.84. The van der Waals surface area contributed by atoms with Gasteiger partial charge in [0.1, 0.15) is 11.5 Å². The zero-order valence-electron chi connectivity index (χ0n) is 11.0. The first-order valence-electron chi connectivity index (χ1n) is 6.50. The Kier molecular flexibility index (Phi) is 3.38. The first-order valence-corrected chi connectivity index (χ1v) is 6.50. The minimum absolute atomic E-state index is 0.761. The van der Waals surface area contributed by atoms with Crippen LogP contribution < -0.4 is 10.5 Å². The number of rotatable bonds is 3. The first-order chi connectivity index (χ1) is 9.81. The van der Waals surface area contributed by atoms with Crippen molar-refractivity contribution in [2.75, 3.05) is 5.73 Å². The van der Waals surface area contributed by atoms with Crippen LogP contribution in [0.3, 0.4) is 0 Å². The van der Waals surface area contributed by atoms with Crippen LogP contribution in [0.1, 0.15) is 0 Å². The molecule has 0 unspecified atom stereocenters. The molecule has 98 valence electrons. The molecule has 2 heteroatoms. The highest BCUT2D eigenvalue weighted by Gasteiger charge is 2.01. The van der Waals surface area contributed by atoms with Crippen molar-refractivity contribution in [3.05, 3.63) is 78.9 Å². The van der Waals surface area contributed by atoms with Gasteiger partial charge in [0.15, 0.2) is 0 Å². The van der Waals surface area contributed by atoms with Crippen molar-refractivity contribution in [3.8, 4) is 22.6 Å². The highest BCUT2D eigenvalue weighted by atomic mass is 16.5. The number of ether oxygens (including phenoxy) is 1. The van der Waals surface area contributed by atoms with Gasteiger partial charge < -0.3 is 10.5 Å².